The molecule has 0 saturated carbocycles. The van der Waals surface area contributed by atoms with Crippen LogP contribution >= 0.6 is 42.5 Å². The highest BCUT2D eigenvalue weighted by Crippen LogP contribution is 2.37. The molecule has 3 nitrogen and oxygen atoms in total. The summed E-state index contributed by atoms with van der Waals surface area (Å²) in [5, 5.41) is 0. The van der Waals surface area contributed by atoms with Crippen molar-refractivity contribution in [3.63, 3.8) is 0 Å². The van der Waals surface area contributed by atoms with Crippen molar-refractivity contribution >= 4 is 51.6 Å². The van der Waals surface area contributed by atoms with E-state index in [2.05, 4.69) is 31.9 Å². The summed E-state index contributed by atoms with van der Waals surface area (Å²) in [7, 11) is 1.48. The summed E-state index contributed by atoms with van der Waals surface area (Å²) in [5.74, 6) is 0.232. The van der Waals surface area contributed by atoms with Crippen LogP contribution in [0.1, 0.15) is 6.92 Å². The van der Waals surface area contributed by atoms with Gasteiger partial charge in [0.25, 0.3) is 9.05 Å². The lowest BCUT2D eigenvalue weighted by molar-refractivity contribution is 0.329. The molecule has 1 aromatic carbocycles. The van der Waals surface area contributed by atoms with Gasteiger partial charge in [-0.15, -0.1) is 0 Å². The quantitative estimate of drug-likeness (QED) is 0.756. The van der Waals surface area contributed by atoms with Crippen LogP contribution in [0.25, 0.3) is 0 Å². The lowest BCUT2D eigenvalue weighted by atomic mass is 10.3. The van der Waals surface area contributed by atoms with Crippen molar-refractivity contribution in [2.75, 3.05) is 6.61 Å². The summed E-state index contributed by atoms with van der Waals surface area (Å²) in [5.41, 5.74) is 0. The largest absolute Gasteiger partial charge is 0.491 e. The fraction of sp³-hybridized carbons (Fsp3) is 0.250. The molecule has 1 rings (SSSR count). The van der Waals surface area contributed by atoms with Crippen LogP contribution in [0.2, 0.25) is 0 Å². The van der Waals surface area contributed by atoms with Crippen molar-refractivity contribution in [1.82, 2.24) is 0 Å². The Bertz CT molecular complexity index is 473. The van der Waals surface area contributed by atoms with Gasteiger partial charge < -0.3 is 4.74 Å². The van der Waals surface area contributed by atoms with Gasteiger partial charge in [-0.25, -0.2) is 8.42 Å². The summed E-state index contributed by atoms with van der Waals surface area (Å²) >= 11 is 6.40. The van der Waals surface area contributed by atoms with Gasteiger partial charge in [0.15, 0.2) is 5.75 Å². The van der Waals surface area contributed by atoms with Crippen molar-refractivity contribution in [3.05, 3.63) is 21.1 Å². The van der Waals surface area contributed by atoms with Crippen LogP contribution in [0.5, 0.6) is 5.75 Å². The molecule has 0 aliphatic rings. The lowest BCUT2D eigenvalue weighted by Gasteiger charge is -2.10. The Kier molecular flexibility index (Phi) is 4.46. The van der Waals surface area contributed by atoms with E-state index in [4.69, 9.17) is 15.4 Å². The minimum atomic E-state index is -3.81. The zero-order valence-corrected chi connectivity index (χ0v) is 12.4. The Morgan fingerprint density at radius 2 is 2.00 bits per heavy atom. The van der Waals surface area contributed by atoms with E-state index in [0.717, 1.165) is 0 Å². The molecule has 0 fully saturated rings. The van der Waals surface area contributed by atoms with Gasteiger partial charge in [0.05, 0.1) is 11.1 Å². The highest BCUT2D eigenvalue weighted by molar-refractivity contribution is 9.11. The third-order valence-corrected chi connectivity index (χ3v) is 3.90. The monoisotopic (exact) mass is 376 g/mol. The number of rotatable bonds is 3. The van der Waals surface area contributed by atoms with Gasteiger partial charge in [-0.3, -0.25) is 0 Å². The topological polar surface area (TPSA) is 43.4 Å². The fourth-order valence-electron chi connectivity index (χ4n) is 1.00. The molecular weight excluding hydrogens is 371 g/mol. The maximum absolute atomic E-state index is 11.3. The molecule has 0 aliphatic heterocycles. The summed E-state index contributed by atoms with van der Waals surface area (Å²) in [6.07, 6.45) is 0. The first-order valence-electron chi connectivity index (χ1n) is 3.92. The first-order chi connectivity index (χ1) is 6.86. The number of hydrogen-bond donors (Lipinski definition) is 0. The van der Waals surface area contributed by atoms with E-state index in [1.807, 2.05) is 0 Å². The molecular formula is C8H7Br2ClO3S. The van der Waals surface area contributed by atoms with Crippen LogP contribution in [0.4, 0.5) is 0 Å². The van der Waals surface area contributed by atoms with Crippen LogP contribution in [0, 0.1) is 0 Å². The maximum Gasteiger partial charge on any atom is 0.265 e. The minimum absolute atomic E-state index is 0.0488. The summed E-state index contributed by atoms with van der Waals surface area (Å²) in [6.45, 7) is 2.12. The van der Waals surface area contributed by atoms with E-state index in [9.17, 15) is 8.42 Å². The second-order valence-corrected chi connectivity index (χ2v) is 6.89. The first kappa shape index (κ1) is 13.3. The maximum atomic E-state index is 11.3. The third kappa shape index (κ3) is 3.34. The Hall–Kier alpha value is 0.220. The van der Waals surface area contributed by atoms with Crippen molar-refractivity contribution in [2.45, 2.75) is 11.8 Å². The smallest absolute Gasteiger partial charge is 0.265 e. The molecule has 0 saturated heterocycles. The molecule has 0 amide bonds. The average molecular weight is 378 g/mol. The molecule has 0 heterocycles. The van der Waals surface area contributed by atoms with Crippen LogP contribution in [0.3, 0.4) is 0 Å². The first-order valence-corrected chi connectivity index (χ1v) is 7.82. The van der Waals surface area contributed by atoms with Crippen molar-refractivity contribution in [3.8, 4) is 5.75 Å². The fourth-order valence-corrected chi connectivity index (χ4v) is 3.63. The van der Waals surface area contributed by atoms with Crippen molar-refractivity contribution in [1.29, 1.82) is 0 Å². The molecule has 1 aromatic rings. The normalized spacial score (nSPS) is 11.5. The molecule has 0 unspecified atom stereocenters. The van der Waals surface area contributed by atoms with E-state index >= 15 is 0 Å². The second-order valence-electron chi connectivity index (χ2n) is 2.59. The minimum Gasteiger partial charge on any atom is -0.491 e. The van der Waals surface area contributed by atoms with E-state index in [0.29, 0.717) is 15.6 Å². The molecule has 0 radical (unpaired) electrons. The standard InChI is InChI=1S/C8H7Br2ClO3S/c1-2-14-8-6(10)3-5(9)4-7(8)15(11,12)13/h3-4H,2H2,1H3. The molecule has 15 heavy (non-hydrogen) atoms. The Morgan fingerprint density at radius 3 is 2.47 bits per heavy atom. The van der Waals surface area contributed by atoms with Gasteiger partial charge >= 0.3 is 0 Å². The zero-order valence-electron chi connectivity index (χ0n) is 7.63. The van der Waals surface area contributed by atoms with Gasteiger partial charge in [-0.05, 0) is 35.0 Å². The highest BCUT2D eigenvalue weighted by Gasteiger charge is 2.20. The summed E-state index contributed by atoms with van der Waals surface area (Å²) in [4.78, 5) is -0.0488. The molecule has 0 spiro atoms. The van der Waals surface area contributed by atoms with Gasteiger partial charge in [0.2, 0.25) is 0 Å². The highest BCUT2D eigenvalue weighted by atomic mass is 79.9. The van der Waals surface area contributed by atoms with Gasteiger partial charge in [-0.2, -0.15) is 0 Å². The number of ether oxygens (including phenoxy) is 1. The number of hydrogen-bond acceptors (Lipinski definition) is 3. The third-order valence-electron chi connectivity index (χ3n) is 1.53. The molecule has 84 valence electrons. The van der Waals surface area contributed by atoms with Crippen LogP contribution in [-0.2, 0) is 9.05 Å². The van der Waals surface area contributed by atoms with E-state index < -0.39 is 9.05 Å². The molecule has 7 heteroatoms. The van der Waals surface area contributed by atoms with Gasteiger partial charge in [0.1, 0.15) is 4.90 Å². The van der Waals surface area contributed by atoms with Gasteiger partial charge in [-0.1, -0.05) is 15.9 Å². The number of benzene rings is 1. The molecule has 0 atom stereocenters. The molecule has 0 bridgehead atoms. The Balaban J connectivity index is 3.47. The van der Waals surface area contributed by atoms with E-state index in [-0.39, 0.29) is 10.6 Å². The molecule has 0 N–H and O–H groups in total. The SMILES string of the molecule is CCOc1c(Br)cc(Br)cc1S(=O)(=O)Cl. The predicted octanol–water partition coefficient (Wildman–Crippen LogP) is 3.54. The van der Waals surface area contributed by atoms with E-state index in [1.165, 1.54) is 6.07 Å². The van der Waals surface area contributed by atoms with Crippen molar-refractivity contribution in [2.24, 2.45) is 0 Å². The van der Waals surface area contributed by atoms with Crippen molar-refractivity contribution < 1.29 is 13.2 Å². The van der Waals surface area contributed by atoms with Crippen LogP contribution in [0.15, 0.2) is 26.0 Å². The predicted molar refractivity (Wildman–Crippen MR) is 66.0 cm³/mol. The van der Waals surface area contributed by atoms with Crippen LogP contribution in [-0.4, -0.2) is 15.0 Å². The van der Waals surface area contributed by atoms with Gasteiger partial charge in [0, 0.05) is 15.2 Å². The summed E-state index contributed by atoms with van der Waals surface area (Å²) < 4.78 is 28.9. The number of halogens is 3. The summed E-state index contributed by atoms with van der Waals surface area (Å²) in [6, 6.07) is 3.09. The van der Waals surface area contributed by atoms with Crippen LogP contribution < -0.4 is 4.74 Å². The van der Waals surface area contributed by atoms with E-state index in [1.54, 1.807) is 13.0 Å². The molecule has 0 aromatic heterocycles. The Labute approximate surface area is 109 Å². The lowest BCUT2D eigenvalue weighted by Crippen LogP contribution is -2.00. The Morgan fingerprint density at radius 1 is 1.40 bits per heavy atom. The second kappa shape index (κ2) is 5.03. The molecule has 0 aliphatic carbocycles. The zero-order chi connectivity index (χ0) is 11.6. The average Bonchev–Trinajstić information content (AvgIpc) is 2.07.